The maximum atomic E-state index is 13.4. The van der Waals surface area contributed by atoms with Crippen LogP contribution in [0.5, 0.6) is 0 Å². The molecule has 0 fully saturated rings. The normalized spacial score (nSPS) is 13.3. The van der Waals surface area contributed by atoms with Gasteiger partial charge in [-0.25, -0.2) is 4.39 Å². The second-order valence-corrected chi connectivity index (χ2v) is 5.42. The van der Waals surface area contributed by atoms with Crippen molar-refractivity contribution in [3.8, 4) is 0 Å². The maximum absolute atomic E-state index is 13.4. The Morgan fingerprint density at radius 3 is 2.67 bits per heavy atom. The van der Waals surface area contributed by atoms with Gasteiger partial charge in [-0.15, -0.1) is 0 Å². The van der Waals surface area contributed by atoms with Crippen molar-refractivity contribution < 1.29 is 9.18 Å². The van der Waals surface area contributed by atoms with Gasteiger partial charge in [-0.1, -0.05) is 37.3 Å². The van der Waals surface area contributed by atoms with Crippen molar-refractivity contribution in [3.05, 3.63) is 65.0 Å². The lowest BCUT2D eigenvalue weighted by Gasteiger charge is -2.19. The predicted molar refractivity (Wildman–Crippen MR) is 82.2 cm³/mol. The molecule has 3 rings (SSSR count). The summed E-state index contributed by atoms with van der Waals surface area (Å²) >= 11 is 0. The fraction of sp³-hybridized carbons (Fsp3) is 0.278. The summed E-state index contributed by atoms with van der Waals surface area (Å²) in [6.45, 7) is 3.53. The molecule has 0 aromatic heterocycles. The highest BCUT2D eigenvalue weighted by molar-refractivity contribution is 5.95. The summed E-state index contributed by atoms with van der Waals surface area (Å²) < 4.78 is 13.4. The minimum absolute atomic E-state index is 0.162. The first-order valence-electron chi connectivity index (χ1n) is 7.33. The van der Waals surface area contributed by atoms with Gasteiger partial charge >= 0.3 is 0 Å². The molecule has 3 heteroatoms. The summed E-state index contributed by atoms with van der Waals surface area (Å²) in [5.41, 5.74) is 4.09. The van der Waals surface area contributed by atoms with Crippen molar-refractivity contribution in [2.75, 3.05) is 11.4 Å². The molecule has 1 aliphatic heterocycles. The Morgan fingerprint density at radius 1 is 1.19 bits per heavy atom. The van der Waals surface area contributed by atoms with Crippen LogP contribution >= 0.6 is 0 Å². The first-order chi connectivity index (χ1) is 10.2. The van der Waals surface area contributed by atoms with Crippen LogP contribution in [0, 0.1) is 5.82 Å². The molecule has 1 aliphatic rings. The summed E-state index contributed by atoms with van der Waals surface area (Å²) in [5, 5.41) is 0. The number of nitrogens with zero attached hydrogens (tertiary/aromatic N) is 1. The largest absolute Gasteiger partial charge is 0.367 e. The Kier molecular flexibility index (Phi) is 3.74. The van der Waals surface area contributed by atoms with E-state index in [0.717, 1.165) is 36.3 Å². The highest BCUT2D eigenvalue weighted by Crippen LogP contribution is 2.30. The Morgan fingerprint density at radius 2 is 1.95 bits per heavy atom. The highest BCUT2D eigenvalue weighted by Gasteiger charge is 2.19. The molecule has 0 radical (unpaired) electrons. The Balaban J connectivity index is 1.77. The highest BCUT2D eigenvalue weighted by atomic mass is 19.1. The van der Waals surface area contributed by atoms with Crippen LogP contribution < -0.4 is 4.90 Å². The van der Waals surface area contributed by atoms with E-state index in [0.29, 0.717) is 6.42 Å². The van der Waals surface area contributed by atoms with Gasteiger partial charge in [-0.3, -0.25) is 4.79 Å². The van der Waals surface area contributed by atoms with E-state index in [1.807, 2.05) is 37.3 Å². The summed E-state index contributed by atoms with van der Waals surface area (Å²) in [7, 11) is 0. The van der Waals surface area contributed by atoms with Crippen molar-refractivity contribution in [3.63, 3.8) is 0 Å². The van der Waals surface area contributed by atoms with Gasteiger partial charge < -0.3 is 4.90 Å². The minimum Gasteiger partial charge on any atom is -0.367 e. The summed E-state index contributed by atoms with van der Waals surface area (Å²) in [4.78, 5) is 13.8. The van der Waals surface area contributed by atoms with Gasteiger partial charge in [0.2, 0.25) is 0 Å². The van der Waals surface area contributed by atoms with Crippen LogP contribution in [0.25, 0.3) is 0 Å². The molecule has 0 bridgehead atoms. The third-order valence-corrected chi connectivity index (χ3v) is 4.01. The molecule has 0 spiro atoms. The van der Waals surface area contributed by atoms with E-state index in [9.17, 15) is 9.18 Å². The molecule has 2 aromatic rings. The standard InChI is InChI=1S/C18H18FNO/c1-2-18(21)15-5-3-13(4-6-15)12-20-10-9-14-7-8-16(19)11-17(14)20/h3-8,11H,2,9-10,12H2,1H3. The number of hydrogen-bond acceptors (Lipinski definition) is 2. The number of Topliss-reactive ketones (excluding diaryl/α,β-unsaturated/α-hetero) is 1. The van der Waals surface area contributed by atoms with Crippen LogP contribution in [0.4, 0.5) is 10.1 Å². The van der Waals surface area contributed by atoms with Gasteiger partial charge in [0.25, 0.3) is 0 Å². The van der Waals surface area contributed by atoms with Crippen molar-refractivity contribution >= 4 is 11.5 Å². The van der Waals surface area contributed by atoms with Crippen molar-refractivity contribution in [2.45, 2.75) is 26.3 Å². The molecule has 0 aliphatic carbocycles. The van der Waals surface area contributed by atoms with Crippen LogP contribution in [0.2, 0.25) is 0 Å². The number of hydrogen-bond donors (Lipinski definition) is 0. The van der Waals surface area contributed by atoms with Crippen LogP contribution in [0.1, 0.15) is 34.8 Å². The molecule has 0 N–H and O–H groups in total. The smallest absolute Gasteiger partial charge is 0.162 e. The van der Waals surface area contributed by atoms with Gasteiger partial charge in [0, 0.05) is 30.8 Å². The molecular formula is C18H18FNO. The lowest BCUT2D eigenvalue weighted by molar-refractivity contribution is 0.0988. The lowest BCUT2D eigenvalue weighted by atomic mass is 10.1. The third kappa shape index (κ3) is 2.82. The van der Waals surface area contributed by atoms with Crippen LogP contribution in [0.3, 0.4) is 0 Å². The van der Waals surface area contributed by atoms with E-state index in [-0.39, 0.29) is 11.6 Å². The lowest BCUT2D eigenvalue weighted by Crippen LogP contribution is -2.19. The van der Waals surface area contributed by atoms with Gasteiger partial charge in [0.15, 0.2) is 5.78 Å². The number of anilines is 1. The first kappa shape index (κ1) is 13.8. The summed E-state index contributed by atoms with van der Waals surface area (Å²) in [6, 6.07) is 12.7. The average Bonchev–Trinajstić information content (AvgIpc) is 2.89. The van der Waals surface area contributed by atoms with E-state index in [2.05, 4.69) is 4.90 Å². The number of ketones is 1. The van der Waals surface area contributed by atoms with Crippen molar-refractivity contribution in [1.82, 2.24) is 0 Å². The number of carbonyl (C=O) groups is 1. The zero-order valence-corrected chi connectivity index (χ0v) is 12.1. The van der Waals surface area contributed by atoms with Crippen molar-refractivity contribution in [2.24, 2.45) is 0 Å². The average molecular weight is 283 g/mol. The summed E-state index contributed by atoms with van der Waals surface area (Å²) in [6.07, 6.45) is 1.49. The van der Waals surface area contributed by atoms with E-state index in [1.54, 1.807) is 6.07 Å². The molecule has 21 heavy (non-hydrogen) atoms. The molecule has 0 unspecified atom stereocenters. The number of carbonyl (C=O) groups excluding carboxylic acids is 1. The minimum atomic E-state index is -0.190. The van der Waals surface area contributed by atoms with Crippen LogP contribution in [0.15, 0.2) is 42.5 Å². The van der Waals surface area contributed by atoms with E-state index in [1.165, 1.54) is 11.6 Å². The number of rotatable bonds is 4. The fourth-order valence-corrected chi connectivity index (χ4v) is 2.80. The topological polar surface area (TPSA) is 20.3 Å². The van der Waals surface area contributed by atoms with Crippen molar-refractivity contribution in [1.29, 1.82) is 0 Å². The van der Waals surface area contributed by atoms with Gasteiger partial charge in [0.05, 0.1) is 0 Å². The molecule has 0 atom stereocenters. The quantitative estimate of drug-likeness (QED) is 0.791. The molecule has 108 valence electrons. The molecule has 0 amide bonds. The van der Waals surface area contributed by atoms with Crippen LogP contribution in [-0.2, 0) is 13.0 Å². The number of halogens is 1. The number of fused-ring (bicyclic) bond motifs is 1. The first-order valence-corrected chi connectivity index (χ1v) is 7.33. The van der Waals surface area contributed by atoms with Gasteiger partial charge in [0.1, 0.15) is 5.82 Å². The van der Waals surface area contributed by atoms with E-state index < -0.39 is 0 Å². The monoisotopic (exact) mass is 283 g/mol. The molecule has 0 saturated carbocycles. The van der Waals surface area contributed by atoms with E-state index in [4.69, 9.17) is 0 Å². The van der Waals surface area contributed by atoms with E-state index >= 15 is 0 Å². The Bertz CT molecular complexity index is 663. The Labute approximate surface area is 124 Å². The molecule has 2 aromatic carbocycles. The predicted octanol–water partition coefficient (Wildman–Crippen LogP) is 3.98. The maximum Gasteiger partial charge on any atom is 0.162 e. The molecule has 1 heterocycles. The molecule has 2 nitrogen and oxygen atoms in total. The molecular weight excluding hydrogens is 265 g/mol. The SMILES string of the molecule is CCC(=O)c1ccc(CN2CCc3ccc(F)cc32)cc1. The zero-order chi connectivity index (χ0) is 14.8. The second kappa shape index (κ2) is 5.68. The van der Waals surface area contributed by atoms with Gasteiger partial charge in [-0.05, 0) is 29.7 Å². The van der Waals surface area contributed by atoms with Gasteiger partial charge in [-0.2, -0.15) is 0 Å². The third-order valence-electron chi connectivity index (χ3n) is 4.01. The summed E-state index contributed by atoms with van der Waals surface area (Å²) in [5.74, 6) is -0.0281. The second-order valence-electron chi connectivity index (χ2n) is 5.42. The molecule has 0 saturated heterocycles. The number of benzene rings is 2. The Hall–Kier alpha value is -2.16. The van der Waals surface area contributed by atoms with Crippen LogP contribution in [-0.4, -0.2) is 12.3 Å². The zero-order valence-electron chi connectivity index (χ0n) is 12.1. The fourth-order valence-electron chi connectivity index (χ4n) is 2.80.